The summed E-state index contributed by atoms with van der Waals surface area (Å²) in [6.07, 6.45) is 5.27. The van der Waals surface area contributed by atoms with Crippen LogP contribution >= 0.6 is 23.2 Å². The number of hydrogen-bond acceptors (Lipinski definition) is 9. The number of nitriles is 2. The molecular weight excluding hydrogens is 573 g/mol. The number of anilines is 1. The van der Waals surface area contributed by atoms with Crippen LogP contribution in [0.4, 0.5) is 5.69 Å². The molecule has 13 heteroatoms. The zero-order valence-electron chi connectivity index (χ0n) is 23.6. The monoisotopic (exact) mass is 611 g/mol. The normalized spacial score (nSPS) is 14.7. The fourth-order valence-corrected chi connectivity index (χ4v) is 7.89. The predicted octanol–water partition coefficient (Wildman–Crippen LogP) is 5.36. The van der Waals surface area contributed by atoms with Crippen molar-refractivity contribution in [2.75, 3.05) is 31.7 Å². The van der Waals surface area contributed by atoms with E-state index in [0.29, 0.717) is 38.8 Å². The minimum Gasteiger partial charge on any atom is -0.383 e. The standard InChI is InChI=1S/C27H39Cl2N5O5Si/c1-5-37-40(38-6-2,39-7-3)15-11-14-32-25-20(16-30)22(24(29)23(28)21(25)17-31)26(35)18(4)33-34-27(36)19-12-9-8-10-13-19/h18-19,32-33H,5-15H2,1-4H3,(H,34,36)/t18-/m0/s1. The van der Waals surface area contributed by atoms with E-state index >= 15 is 0 Å². The molecule has 10 nitrogen and oxygen atoms in total. The van der Waals surface area contributed by atoms with Crippen LogP contribution in [-0.2, 0) is 18.1 Å². The number of hydrazine groups is 1. The predicted molar refractivity (Wildman–Crippen MR) is 156 cm³/mol. The van der Waals surface area contributed by atoms with Crippen molar-refractivity contribution < 1.29 is 22.9 Å². The fraction of sp³-hybridized carbons (Fsp3) is 0.630. The highest BCUT2D eigenvalue weighted by Crippen LogP contribution is 2.39. The summed E-state index contributed by atoms with van der Waals surface area (Å²) in [7, 11) is -2.89. The Morgan fingerprint density at radius 1 is 0.975 bits per heavy atom. The first kappa shape index (κ1) is 34.0. The highest BCUT2D eigenvalue weighted by atomic mass is 35.5. The van der Waals surface area contributed by atoms with E-state index in [0.717, 1.165) is 32.1 Å². The molecule has 1 aliphatic carbocycles. The SMILES string of the molecule is CCO[Si](CCCNc1c(C#N)c(Cl)c(Cl)c(C(=O)[C@H](C)NNC(=O)C2CCCCC2)c1C#N)(OCC)OCC. The lowest BCUT2D eigenvalue weighted by Gasteiger charge is -2.28. The van der Waals surface area contributed by atoms with Crippen molar-refractivity contribution in [2.24, 2.45) is 5.92 Å². The molecule has 1 saturated carbocycles. The first-order chi connectivity index (χ1) is 19.2. The van der Waals surface area contributed by atoms with Gasteiger partial charge in [-0.05, 0) is 47.0 Å². The largest absolute Gasteiger partial charge is 0.500 e. The van der Waals surface area contributed by atoms with Crippen LogP contribution in [0.1, 0.15) is 87.7 Å². The van der Waals surface area contributed by atoms with E-state index < -0.39 is 20.6 Å². The molecule has 40 heavy (non-hydrogen) atoms. The van der Waals surface area contributed by atoms with Gasteiger partial charge in [0.15, 0.2) is 5.78 Å². The molecule has 0 aliphatic heterocycles. The van der Waals surface area contributed by atoms with Crippen molar-refractivity contribution in [3.05, 3.63) is 26.7 Å². The third-order valence-electron chi connectivity index (χ3n) is 6.69. The molecule has 0 heterocycles. The van der Waals surface area contributed by atoms with Gasteiger partial charge in [-0.15, -0.1) is 0 Å². The van der Waals surface area contributed by atoms with Crippen LogP contribution in [0.15, 0.2) is 0 Å². The summed E-state index contributed by atoms with van der Waals surface area (Å²) in [5.41, 5.74) is 5.25. The number of nitrogens with one attached hydrogen (secondary N) is 3. The quantitative estimate of drug-likeness (QED) is 0.0972. The summed E-state index contributed by atoms with van der Waals surface area (Å²) >= 11 is 12.9. The first-order valence-corrected chi connectivity index (χ1v) is 16.5. The summed E-state index contributed by atoms with van der Waals surface area (Å²) in [5, 5.41) is 22.6. The Hall–Kier alpha value is -2.22. The maximum absolute atomic E-state index is 13.5. The van der Waals surface area contributed by atoms with Gasteiger partial charge in [-0.25, -0.2) is 5.43 Å². The molecule has 1 fully saturated rings. The van der Waals surface area contributed by atoms with Gasteiger partial charge in [0.1, 0.15) is 12.1 Å². The van der Waals surface area contributed by atoms with Crippen LogP contribution in [0.5, 0.6) is 0 Å². The van der Waals surface area contributed by atoms with E-state index in [1.54, 1.807) is 6.92 Å². The Bertz CT molecular complexity index is 1100. The molecule has 1 amide bonds. The molecule has 1 aliphatic rings. The van der Waals surface area contributed by atoms with Gasteiger partial charge in [-0.3, -0.25) is 15.0 Å². The molecule has 0 saturated heterocycles. The summed E-state index contributed by atoms with van der Waals surface area (Å²) in [6.45, 7) is 8.85. The van der Waals surface area contributed by atoms with Gasteiger partial charge in [0.25, 0.3) is 0 Å². The number of ketones is 1. The van der Waals surface area contributed by atoms with Crippen molar-refractivity contribution in [3.63, 3.8) is 0 Å². The lowest BCUT2D eigenvalue weighted by Crippen LogP contribution is -2.49. The van der Waals surface area contributed by atoms with Gasteiger partial charge in [0.05, 0.1) is 38.5 Å². The number of amides is 1. The van der Waals surface area contributed by atoms with E-state index in [2.05, 4.69) is 16.2 Å². The highest BCUT2D eigenvalue weighted by Gasteiger charge is 2.39. The second-order valence-electron chi connectivity index (χ2n) is 9.42. The maximum Gasteiger partial charge on any atom is 0.500 e. The van der Waals surface area contributed by atoms with E-state index in [9.17, 15) is 20.1 Å². The Labute approximate surface area is 248 Å². The summed E-state index contributed by atoms with van der Waals surface area (Å²) in [4.78, 5) is 26.0. The lowest BCUT2D eigenvalue weighted by molar-refractivity contribution is -0.127. The maximum atomic E-state index is 13.5. The molecule has 0 aromatic heterocycles. The molecule has 1 aromatic carbocycles. The molecule has 1 aromatic rings. The zero-order chi connectivity index (χ0) is 29.7. The van der Waals surface area contributed by atoms with Crippen LogP contribution < -0.4 is 16.2 Å². The van der Waals surface area contributed by atoms with Gasteiger partial charge in [-0.2, -0.15) is 10.5 Å². The van der Waals surface area contributed by atoms with Crippen LogP contribution in [0, 0.1) is 28.6 Å². The van der Waals surface area contributed by atoms with Crippen molar-refractivity contribution >= 4 is 49.4 Å². The number of Topliss-reactive ketones (excluding diaryl/α,β-unsaturated/α-hetero) is 1. The molecule has 2 rings (SSSR count). The van der Waals surface area contributed by atoms with Crippen molar-refractivity contribution in [3.8, 4) is 12.1 Å². The van der Waals surface area contributed by atoms with Crippen LogP contribution in [0.25, 0.3) is 0 Å². The van der Waals surface area contributed by atoms with Gasteiger partial charge in [-0.1, -0.05) is 42.5 Å². The van der Waals surface area contributed by atoms with Gasteiger partial charge in [0, 0.05) is 38.3 Å². The van der Waals surface area contributed by atoms with Gasteiger partial charge < -0.3 is 18.6 Å². The third-order valence-corrected chi connectivity index (χ3v) is 10.7. The second kappa shape index (κ2) is 16.9. The molecule has 3 N–H and O–H groups in total. The third kappa shape index (κ3) is 8.64. The van der Waals surface area contributed by atoms with Crippen LogP contribution in [0.2, 0.25) is 16.1 Å². The number of carbonyl (C=O) groups is 2. The van der Waals surface area contributed by atoms with E-state index in [4.69, 9.17) is 36.5 Å². The van der Waals surface area contributed by atoms with E-state index in [1.165, 1.54) is 0 Å². The van der Waals surface area contributed by atoms with Crippen LogP contribution in [0.3, 0.4) is 0 Å². The smallest absolute Gasteiger partial charge is 0.383 e. The van der Waals surface area contributed by atoms with Crippen molar-refractivity contribution in [2.45, 2.75) is 78.3 Å². The molecule has 0 spiro atoms. The molecule has 1 atom stereocenters. The van der Waals surface area contributed by atoms with Gasteiger partial charge in [0.2, 0.25) is 5.91 Å². The highest BCUT2D eigenvalue weighted by molar-refractivity contribution is 6.60. The Morgan fingerprint density at radius 2 is 1.55 bits per heavy atom. The number of rotatable bonds is 16. The number of hydrogen-bond donors (Lipinski definition) is 3. The lowest BCUT2D eigenvalue weighted by atomic mass is 9.89. The number of carbonyl (C=O) groups excluding carboxylic acids is 2. The number of halogens is 2. The van der Waals surface area contributed by atoms with Gasteiger partial charge >= 0.3 is 8.80 Å². The topological polar surface area (TPSA) is 145 Å². The summed E-state index contributed by atoms with van der Waals surface area (Å²) in [5.74, 6) is -0.815. The average Bonchev–Trinajstić information content (AvgIpc) is 2.95. The molecule has 0 radical (unpaired) electrons. The number of nitrogens with zero attached hydrogens (tertiary/aromatic N) is 2. The van der Waals surface area contributed by atoms with Crippen LogP contribution in [-0.4, -0.2) is 52.9 Å². The van der Waals surface area contributed by atoms with E-state index in [1.807, 2.05) is 32.9 Å². The first-order valence-electron chi connectivity index (χ1n) is 13.8. The summed E-state index contributed by atoms with van der Waals surface area (Å²) < 4.78 is 17.7. The van der Waals surface area contributed by atoms with E-state index in [-0.39, 0.29) is 44.2 Å². The molecule has 0 unspecified atom stereocenters. The minimum absolute atomic E-state index is 0.0334. The molecule has 0 bridgehead atoms. The van der Waals surface area contributed by atoms with Crippen molar-refractivity contribution in [1.29, 1.82) is 10.5 Å². The molecular formula is C27H39Cl2N5O5Si. The zero-order valence-corrected chi connectivity index (χ0v) is 26.1. The fourth-order valence-electron chi connectivity index (χ4n) is 4.76. The average molecular weight is 613 g/mol. The Morgan fingerprint density at radius 3 is 2.08 bits per heavy atom. The molecule has 220 valence electrons. The van der Waals surface area contributed by atoms with Crippen molar-refractivity contribution in [1.82, 2.24) is 10.9 Å². The number of benzene rings is 1. The Balaban J connectivity index is 2.25. The summed E-state index contributed by atoms with van der Waals surface area (Å²) in [6, 6.07) is 3.60. The second-order valence-corrected chi connectivity index (χ2v) is 12.9. The Kier molecular flexibility index (Phi) is 14.4. The minimum atomic E-state index is -2.89.